The van der Waals surface area contributed by atoms with Crippen LogP contribution in [-0.4, -0.2) is 25.2 Å². The Balaban J connectivity index is 1.52. The topological polar surface area (TPSA) is 81.7 Å². The molecule has 0 aliphatic rings. The lowest BCUT2D eigenvalue weighted by Gasteiger charge is -2.13. The lowest BCUT2D eigenvalue weighted by Crippen LogP contribution is -2.19. The van der Waals surface area contributed by atoms with Gasteiger partial charge in [0.05, 0.1) is 19.7 Å². The molecule has 0 unspecified atom stereocenters. The van der Waals surface area contributed by atoms with Crippen molar-refractivity contribution in [3.05, 3.63) is 78.2 Å². The van der Waals surface area contributed by atoms with Crippen LogP contribution in [-0.2, 0) is 0 Å². The zero-order valence-corrected chi connectivity index (χ0v) is 18.3. The summed E-state index contributed by atoms with van der Waals surface area (Å²) in [5.41, 5.74) is 2.61. The van der Waals surface area contributed by atoms with Crippen molar-refractivity contribution in [2.75, 3.05) is 24.9 Å². The highest BCUT2D eigenvalue weighted by Gasteiger charge is 2.14. The van der Waals surface area contributed by atoms with Crippen LogP contribution >= 0.6 is 0 Å². The number of rotatable bonds is 6. The standard InChI is InChI=1S/C25H22FN3O4/c1-15-4-6-16(7-5-15)28-25(30)29-17-8-9-22(19(26)12-17)33-21-10-11-27-20-14-24(32-3)23(31-2)13-18(20)21/h4-14H,1-3H3,(H2,28,29,30)/i25-1. The molecule has 0 aliphatic heterocycles. The summed E-state index contributed by atoms with van der Waals surface area (Å²) >= 11 is 0. The Morgan fingerprint density at radius 2 is 1.48 bits per heavy atom. The molecule has 0 radical (unpaired) electrons. The van der Waals surface area contributed by atoms with Gasteiger partial charge in [-0.05, 0) is 43.3 Å². The molecule has 0 fully saturated rings. The molecule has 0 spiro atoms. The maximum atomic E-state index is 14.8. The van der Waals surface area contributed by atoms with Crippen molar-refractivity contribution in [3.63, 3.8) is 0 Å². The third-order valence-electron chi connectivity index (χ3n) is 4.93. The summed E-state index contributed by atoms with van der Waals surface area (Å²) in [5.74, 6) is 0.802. The molecule has 33 heavy (non-hydrogen) atoms. The summed E-state index contributed by atoms with van der Waals surface area (Å²) in [6, 6.07) is 16.1. The number of aromatic nitrogens is 1. The molecule has 0 atom stereocenters. The number of methoxy groups -OCH3 is 2. The number of pyridine rings is 1. The monoisotopic (exact) mass is 446 g/mol. The maximum absolute atomic E-state index is 14.8. The van der Waals surface area contributed by atoms with Crippen LogP contribution in [0.3, 0.4) is 0 Å². The number of amides is 2. The summed E-state index contributed by atoms with van der Waals surface area (Å²) in [5, 5.41) is 5.94. The summed E-state index contributed by atoms with van der Waals surface area (Å²) < 4.78 is 31.2. The Kier molecular flexibility index (Phi) is 6.26. The highest BCUT2D eigenvalue weighted by atomic mass is 19.1. The number of anilines is 2. The first kappa shape index (κ1) is 21.9. The number of hydrogen-bond donors (Lipinski definition) is 2. The number of aryl methyl sites for hydroxylation is 1. The molecule has 0 bridgehead atoms. The molecule has 3 aromatic carbocycles. The van der Waals surface area contributed by atoms with Crippen molar-refractivity contribution < 1.29 is 23.4 Å². The highest BCUT2D eigenvalue weighted by molar-refractivity contribution is 5.99. The maximum Gasteiger partial charge on any atom is 0.323 e. The van der Waals surface area contributed by atoms with Crippen molar-refractivity contribution in [1.29, 1.82) is 0 Å². The van der Waals surface area contributed by atoms with Crippen LogP contribution in [0.15, 0.2) is 66.9 Å². The lowest BCUT2D eigenvalue weighted by atomic mass is 10.1. The third-order valence-corrected chi connectivity index (χ3v) is 4.93. The Morgan fingerprint density at radius 1 is 0.818 bits per heavy atom. The van der Waals surface area contributed by atoms with Gasteiger partial charge in [-0.1, -0.05) is 17.7 Å². The minimum atomic E-state index is -0.631. The molecule has 0 saturated heterocycles. The van der Waals surface area contributed by atoms with Gasteiger partial charge in [0.15, 0.2) is 23.1 Å². The number of fused-ring (bicyclic) bond motifs is 1. The molecular formula is C25H22FN3O4. The number of urea groups is 1. The molecule has 168 valence electrons. The quantitative estimate of drug-likeness (QED) is 0.372. The SMILES string of the molecule is COc1cc2nccc(Oc3ccc(N[11C](=O)Nc4ccc(C)cc4)cc3F)c2cc1OC. The number of benzene rings is 3. The van der Waals surface area contributed by atoms with Crippen LogP contribution in [0.4, 0.5) is 20.6 Å². The van der Waals surface area contributed by atoms with E-state index in [1.807, 2.05) is 19.1 Å². The Bertz CT molecular complexity index is 1310. The normalized spacial score (nSPS) is 10.5. The molecule has 4 aromatic rings. The molecule has 0 aliphatic carbocycles. The number of ether oxygens (including phenoxy) is 3. The van der Waals surface area contributed by atoms with E-state index in [0.717, 1.165) is 5.56 Å². The van der Waals surface area contributed by atoms with E-state index in [1.165, 1.54) is 26.4 Å². The number of nitrogens with one attached hydrogen (secondary N) is 2. The smallest absolute Gasteiger partial charge is 0.323 e. The summed E-state index contributed by atoms with van der Waals surface area (Å²) in [4.78, 5) is 16.5. The van der Waals surface area contributed by atoms with Gasteiger partial charge in [0.1, 0.15) is 5.75 Å². The predicted octanol–water partition coefficient (Wildman–Crippen LogP) is 6.14. The molecule has 2 N–H and O–H groups in total. The number of carbonyl (C=O) groups is 1. The van der Waals surface area contributed by atoms with Crippen LogP contribution in [0.25, 0.3) is 10.9 Å². The van der Waals surface area contributed by atoms with E-state index in [-0.39, 0.29) is 11.4 Å². The summed E-state index contributed by atoms with van der Waals surface area (Å²) in [6.07, 6.45) is 1.56. The first-order chi connectivity index (χ1) is 16.0. The molecule has 1 heterocycles. The van der Waals surface area contributed by atoms with Crippen LogP contribution in [0.5, 0.6) is 23.0 Å². The van der Waals surface area contributed by atoms with E-state index >= 15 is 0 Å². The predicted molar refractivity (Wildman–Crippen MR) is 125 cm³/mol. The fourth-order valence-corrected chi connectivity index (χ4v) is 3.25. The van der Waals surface area contributed by atoms with Gasteiger partial charge in [-0.3, -0.25) is 4.98 Å². The number of halogens is 1. The molecule has 1 aromatic heterocycles. The van der Waals surface area contributed by atoms with Crippen molar-refractivity contribution >= 4 is 28.3 Å². The van der Waals surface area contributed by atoms with Gasteiger partial charge < -0.3 is 24.8 Å². The second-order valence-electron chi connectivity index (χ2n) is 7.23. The molecule has 8 heteroatoms. The van der Waals surface area contributed by atoms with Crippen molar-refractivity contribution in [2.24, 2.45) is 0 Å². The fourth-order valence-electron chi connectivity index (χ4n) is 3.25. The molecule has 4 rings (SSSR count). The van der Waals surface area contributed by atoms with Crippen molar-refractivity contribution in [2.45, 2.75) is 6.92 Å². The molecular weight excluding hydrogens is 424 g/mol. The Labute approximate surface area is 190 Å². The van der Waals surface area contributed by atoms with E-state index in [1.54, 1.807) is 42.6 Å². The Hall–Kier alpha value is -4.33. The zero-order chi connectivity index (χ0) is 23.4. The largest absolute Gasteiger partial charge is 0.493 e. The van der Waals surface area contributed by atoms with Crippen LogP contribution in [0, 0.1) is 12.7 Å². The summed E-state index contributed by atoms with van der Waals surface area (Å²) in [6.45, 7) is 1.96. The average Bonchev–Trinajstić information content (AvgIpc) is 2.81. The minimum absolute atomic E-state index is 0.00165. The second-order valence-corrected chi connectivity index (χ2v) is 7.23. The number of carbonyl (C=O) groups excluding carboxylic acids is 1. The van der Waals surface area contributed by atoms with Crippen LogP contribution in [0.1, 0.15) is 5.56 Å². The van der Waals surface area contributed by atoms with Crippen molar-refractivity contribution in [3.8, 4) is 23.0 Å². The highest BCUT2D eigenvalue weighted by Crippen LogP contribution is 2.37. The average molecular weight is 446 g/mol. The first-order valence-corrected chi connectivity index (χ1v) is 10.1. The van der Waals surface area contributed by atoms with E-state index in [2.05, 4.69) is 15.6 Å². The second kappa shape index (κ2) is 9.44. The van der Waals surface area contributed by atoms with Crippen molar-refractivity contribution in [1.82, 2.24) is 4.98 Å². The van der Waals surface area contributed by atoms with Gasteiger partial charge in [0, 0.05) is 35.1 Å². The van der Waals surface area contributed by atoms with E-state index in [0.29, 0.717) is 33.8 Å². The van der Waals surface area contributed by atoms with Crippen LogP contribution in [0.2, 0.25) is 0 Å². The minimum Gasteiger partial charge on any atom is -0.493 e. The van der Waals surface area contributed by atoms with Crippen LogP contribution < -0.4 is 24.8 Å². The number of nitrogens with zero attached hydrogens (tertiary/aromatic N) is 1. The zero-order valence-electron chi connectivity index (χ0n) is 18.3. The van der Waals surface area contributed by atoms with Gasteiger partial charge in [0.25, 0.3) is 0 Å². The fraction of sp³-hybridized carbons (Fsp3) is 0.120. The van der Waals surface area contributed by atoms with Gasteiger partial charge in [0.2, 0.25) is 0 Å². The van der Waals surface area contributed by atoms with E-state index in [9.17, 15) is 9.18 Å². The van der Waals surface area contributed by atoms with Gasteiger partial charge in [-0.2, -0.15) is 0 Å². The lowest BCUT2D eigenvalue weighted by molar-refractivity contribution is 0.262. The summed E-state index contributed by atoms with van der Waals surface area (Å²) in [7, 11) is 3.07. The van der Waals surface area contributed by atoms with Gasteiger partial charge in [-0.15, -0.1) is 0 Å². The molecule has 2 amide bonds. The number of hydrogen-bond acceptors (Lipinski definition) is 5. The van der Waals surface area contributed by atoms with E-state index in [4.69, 9.17) is 14.2 Å². The molecule has 7 nitrogen and oxygen atoms in total. The molecule has 0 saturated carbocycles. The first-order valence-electron chi connectivity index (χ1n) is 10.1. The third kappa shape index (κ3) is 4.95. The van der Waals surface area contributed by atoms with Gasteiger partial charge >= 0.3 is 6.03 Å². The van der Waals surface area contributed by atoms with Gasteiger partial charge in [-0.25, -0.2) is 9.18 Å². The Morgan fingerprint density at radius 3 is 2.18 bits per heavy atom. The van der Waals surface area contributed by atoms with E-state index < -0.39 is 11.8 Å².